The van der Waals surface area contributed by atoms with Gasteiger partial charge in [0.1, 0.15) is 0 Å². The Morgan fingerprint density at radius 1 is 2.00 bits per heavy atom. The highest BCUT2D eigenvalue weighted by Crippen LogP contribution is 2.02. The molecule has 0 spiro atoms. The number of aliphatic carboxylic acids is 1. The van der Waals surface area contributed by atoms with Gasteiger partial charge in [0.2, 0.25) is 0 Å². The third kappa shape index (κ3) is 2.77. The van der Waals surface area contributed by atoms with Crippen molar-refractivity contribution in [2.45, 2.75) is 3.26 Å². The zero-order valence-corrected chi connectivity index (χ0v) is 5.81. The minimum absolute atomic E-state index is 0.567. The fraction of sp³-hybridized carbons (Fsp3) is 0.500. The second-order valence-corrected chi connectivity index (χ2v) is 3.42. The molecule has 4 heteroatoms. The maximum atomic E-state index is 9.62. The van der Waals surface area contributed by atoms with Crippen molar-refractivity contribution in [3.63, 3.8) is 0 Å². The van der Waals surface area contributed by atoms with E-state index in [1.165, 1.54) is 0 Å². The van der Waals surface area contributed by atoms with Gasteiger partial charge in [0, 0.05) is 0 Å². The number of thiol groups is 1. The van der Waals surface area contributed by atoms with Gasteiger partial charge in [0.15, 0.2) is 3.26 Å². The third-order valence-electron chi connectivity index (χ3n) is 0.204. The third-order valence-corrected chi connectivity index (χ3v) is 0.957. The Balaban J connectivity index is 3.26. The number of carbonyl (C=O) groups is 1. The molecule has 0 fully saturated rings. The first-order valence-corrected chi connectivity index (χ1v) is 2.95. The largest absolute Gasteiger partial charge is 0.480 e. The minimum Gasteiger partial charge on any atom is -0.480 e. The van der Waals surface area contributed by atoms with Crippen molar-refractivity contribution in [3.8, 4) is 0 Å². The number of hydrogen-bond acceptors (Lipinski definition) is 2. The molecule has 0 radical (unpaired) electrons. The summed E-state index contributed by atoms with van der Waals surface area (Å²) in [5.41, 5.74) is 0. The van der Waals surface area contributed by atoms with E-state index in [2.05, 4.69) is 12.6 Å². The van der Waals surface area contributed by atoms with Gasteiger partial charge in [-0.3, -0.25) is 4.79 Å². The minimum atomic E-state index is -0.890. The van der Waals surface area contributed by atoms with Crippen molar-refractivity contribution in [3.05, 3.63) is 0 Å². The molecule has 36 valence electrons. The van der Waals surface area contributed by atoms with Gasteiger partial charge in [-0.25, -0.2) is 0 Å². The van der Waals surface area contributed by atoms with Crippen LogP contribution in [0.5, 0.6) is 0 Å². The fourth-order valence-electron chi connectivity index (χ4n) is 0. The molecule has 1 atom stereocenters. The number of rotatable bonds is 1. The topological polar surface area (TPSA) is 37.3 Å². The number of carboxylic acid groups (broad SMARTS) is 1. The maximum Gasteiger partial charge on any atom is 0.326 e. The van der Waals surface area contributed by atoms with Crippen molar-refractivity contribution in [2.75, 3.05) is 0 Å². The maximum absolute atomic E-state index is 9.62. The molecular formula is C2H3IO2S. The van der Waals surface area contributed by atoms with Gasteiger partial charge >= 0.3 is 5.97 Å². The van der Waals surface area contributed by atoms with Gasteiger partial charge in [0.25, 0.3) is 0 Å². The number of halogens is 1. The molecule has 0 aliphatic rings. The van der Waals surface area contributed by atoms with E-state index in [9.17, 15) is 4.79 Å². The zero-order valence-electron chi connectivity index (χ0n) is 2.76. The molecular weight excluding hydrogens is 215 g/mol. The van der Waals surface area contributed by atoms with Gasteiger partial charge in [-0.1, -0.05) is 22.6 Å². The molecule has 0 rings (SSSR count). The first-order chi connectivity index (χ1) is 2.64. The molecule has 2 nitrogen and oxygen atoms in total. The summed E-state index contributed by atoms with van der Waals surface area (Å²) >= 11 is 5.28. The van der Waals surface area contributed by atoms with Crippen molar-refractivity contribution < 1.29 is 9.90 Å². The number of hydrogen-bond donors (Lipinski definition) is 2. The summed E-state index contributed by atoms with van der Waals surface area (Å²) in [7, 11) is 0. The molecule has 0 aliphatic carbocycles. The van der Waals surface area contributed by atoms with Crippen LogP contribution in [0, 0.1) is 0 Å². The van der Waals surface area contributed by atoms with Crippen LogP contribution in [0.15, 0.2) is 0 Å². The predicted octanol–water partition coefficient (Wildman–Crippen LogP) is 0.762. The molecule has 0 saturated carbocycles. The normalized spacial score (nSPS) is 13.7. The van der Waals surface area contributed by atoms with Crippen LogP contribution in [0.3, 0.4) is 0 Å². The highest BCUT2D eigenvalue weighted by molar-refractivity contribution is 14.1. The lowest BCUT2D eigenvalue weighted by Gasteiger charge is -1.86. The fourth-order valence-corrected chi connectivity index (χ4v) is 0. The number of alkyl halides is 1. The average Bonchev–Trinajstić information content (AvgIpc) is 1.36. The van der Waals surface area contributed by atoms with Crippen LogP contribution >= 0.6 is 35.2 Å². The van der Waals surface area contributed by atoms with E-state index in [1.54, 1.807) is 22.6 Å². The summed E-state index contributed by atoms with van der Waals surface area (Å²) in [6, 6.07) is 0. The molecule has 0 aliphatic heterocycles. The number of carboxylic acids is 1. The zero-order chi connectivity index (χ0) is 5.15. The van der Waals surface area contributed by atoms with Gasteiger partial charge in [-0.05, 0) is 0 Å². The molecule has 0 aromatic carbocycles. The van der Waals surface area contributed by atoms with Gasteiger partial charge in [0.05, 0.1) is 0 Å². The van der Waals surface area contributed by atoms with Crippen LogP contribution in [0.1, 0.15) is 0 Å². The molecule has 0 aromatic heterocycles. The molecule has 0 amide bonds. The van der Waals surface area contributed by atoms with E-state index in [4.69, 9.17) is 5.11 Å². The van der Waals surface area contributed by atoms with Crippen molar-refractivity contribution in [2.24, 2.45) is 0 Å². The van der Waals surface area contributed by atoms with Crippen LogP contribution in [-0.2, 0) is 4.79 Å². The Morgan fingerprint density at radius 3 is 2.17 bits per heavy atom. The quantitative estimate of drug-likeness (QED) is 0.387. The van der Waals surface area contributed by atoms with Crippen LogP contribution in [0.4, 0.5) is 0 Å². The summed E-state index contributed by atoms with van der Waals surface area (Å²) in [6.07, 6.45) is 0. The Bertz CT molecular complexity index is 62.6. The molecule has 0 saturated heterocycles. The highest BCUT2D eigenvalue weighted by Gasteiger charge is 2.02. The second-order valence-electron chi connectivity index (χ2n) is 0.674. The highest BCUT2D eigenvalue weighted by atomic mass is 127. The van der Waals surface area contributed by atoms with Crippen molar-refractivity contribution in [1.29, 1.82) is 0 Å². The average molecular weight is 218 g/mol. The molecule has 1 unspecified atom stereocenters. The van der Waals surface area contributed by atoms with Gasteiger partial charge in [-0.2, -0.15) is 12.6 Å². The van der Waals surface area contributed by atoms with E-state index in [-0.39, 0.29) is 0 Å². The molecule has 6 heavy (non-hydrogen) atoms. The Morgan fingerprint density at radius 2 is 2.17 bits per heavy atom. The Kier molecular flexibility index (Phi) is 2.92. The summed E-state index contributed by atoms with van der Waals surface area (Å²) in [5, 5.41) is 7.91. The van der Waals surface area contributed by atoms with Gasteiger partial charge in [-0.15, -0.1) is 0 Å². The van der Waals surface area contributed by atoms with E-state index in [1.807, 2.05) is 0 Å². The van der Waals surface area contributed by atoms with Gasteiger partial charge < -0.3 is 5.11 Å². The van der Waals surface area contributed by atoms with E-state index >= 15 is 0 Å². The first kappa shape index (κ1) is 6.55. The Labute approximate surface area is 54.5 Å². The van der Waals surface area contributed by atoms with E-state index in [0.29, 0.717) is 0 Å². The smallest absolute Gasteiger partial charge is 0.326 e. The lowest BCUT2D eigenvalue weighted by molar-refractivity contribution is -0.134. The predicted molar refractivity (Wildman–Crippen MR) is 34.4 cm³/mol. The lowest BCUT2D eigenvalue weighted by Crippen LogP contribution is -2.03. The SMILES string of the molecule is O=C(O)C(S)I. The van der Waals surface area contributed by atoms with E-state index < -0.39 is 9.23 Å². The summed E-state index contributed by atoms with van der Waals surface area (Å²) in [6.45, 7) is 0. The standard InChI is InChI=1S/C2H3IO2S/c3-1(6)2(4)5/h1,6H,(H,4,5). The lowest BCUT2D eigenvalue weighted by atomic mass is 10.8. The van der Waals surface area contributed by atoms with Crippen molar-refractivity contribution in [1.82, 2.24) is 0 Å². The van der Waals surface area contributed by atoms with Crippen LogP contribution in [0.25, 0.3) is 0 Å². The monoisotopic (exact) mass is 218 g/mol. The van der Waals surface area contributed by atoms with Crippen LogP contribution in [0.2, 0.25) is 0 Å². The second kappa shape index (κ2) is 2.68. The Hall–Kier alpha value is 0.550. The molecule has 0 bridgehead atoms. The van der Waals surface area contributed by atoms with Crippen LogP contribution < -0.4 is 0 Å². The van der Waals surface area contributed by atoms with Crippen LogP contribution in [-0.4, -0.2) is 14.3 Å². The summed E-state index contributed by atoms with van der Waals surface area (Å²) < 4.78 is -0.567. The first-order valence-electron chi connectivity index (χ1n) is 1.19. The summed E-state index contributed by atoms with van der Waals surface area (Å²) in [5.74, 6) is -0.890. The molecule has 0 aromatic rings. The van der Waals surface area contributed by atoms with Crippen molar-refractivity contribution >= 4 is 41.2 Å². The molecule has 0 heterocycles. The molecule has 1 N–H and O–H groups in total. The summed E-state index contributed by atoms with van der Waals surface area (Å²) in [4.78, 5) is 9.62. The van der Waals surface area contributed by atoms with E-state index in [0.717, 1.165) is 0 Å².